The van der Waals surface area contributed by atoms with E-state index < -0.39 is 0 Å². The SMILES string of the molecule is Nc1c(O)cccc1OCc1ccc(Cl)c(Cl)c1. The van der Waals surface area contributed by atoms with E-state index in [2.05, 4.69) is 0 Å². The van der Waals surface area contributed by atoms with E-state index in [4.69, 9.17) is 33.7 Å². The fourth-order valence-electron chi connectivity index (χ4n) is 1.45. The minimum Gasteiger partial charge on any atom is -0.506 e. The molecule has 2 aromatic rings. The van der Waals surface area contributed by atoms with Gasteiger partial charge in [-0.15, -0.1) is 0 Å². The zero-order valence-corrected chi connectivity index (χ0v) is 10.9. The molecule has 0 aliphatic rings. The van der Waals surface area contributed by atoms with Crippen LogP contribution in [0.25, 0.3) is 0 Å². The highest BCUT2D eigenvalue weighted by molar-refractivity contribution is 6.42. The molecule has 94 valence electrons. The second-order valence-electron chi connectivity index (χ2n) is 3.73. The van der Waals surface area contributed by atoms with E-state index in [-0.39, 0.29) is 11.4 Å². The van der Waals surface area contributed by atoms with Crippen LogP contribution in [0.15, 0.2) is 36.4 Å². The molecule has 0 atom stereocenters. The van der Waals surface area contributed by atoms with Gasteiger partial charge in [-0.1, -0.05) is 35.3 Å². The number of phenolic OH excluding ortho intramolecular Hbond substituents is 1. The van der Waals surface area contributed by atoms with E-state index >= 15 is 0 Å². The molecule has 0 amide bonds. The largest absolute Gasteiger partial charge is 0.506 e. The molecule has 0 aliphatic carbocycles. The minimum atomic E-state index is 0.00152. The zero-order valence-electron chi connectivity index (χ0n) is 9.36. The quantitative estimate of drug-likeness (QED) is 0.664. The maximum atomic E-state index is 9.43. The molecule has 0 radical (unpaired) electrons. The Hall–Kier alpha value is -1.58. The molecule has 0 fully saturated rings. The van der Waals surface area contributed by atoms with Crippen LogP contribution in [-0.2, 0) is 6.61 Å². The van der Waals surface area contributed by atoms with Crippen molar-refractivity contribution in [3.05, 3.63) is 52.0 Å². The lowest BCUT2D eigenvalue weighted by atomic mass is 10.2. The first kappa shape index (κ1) is 12.9. The van der Waals surface area contributed by atoms with Gasteiger partial charge in [0.1, 0.15) is 23.8 Å². The van der Waals surface area contributed by atoms with Crippen molar-refractivity contribution >= 4 is 28.9 Å². The Bertz CT molecular complexity index is 573. The summed E-state index contributed by atoms with van der Waals surface area (Å²) in [5, 5.41) is 10.4. The van der Waals surface area contributed by atoms with Gasteiger partial charge in [-0.2, -0.15) is 0 Å². The average Bonchev–Trinajstić information content (AvgIpc) is 2.35. The number of aromatic hydroxyl groups is 1. The van der Waals surface area contributed by atoms with Crippen molar-refractivity contribution in [3.63, 3.8) is 0 Å². The molecule has 5 heteroatoms. The Labute approximate surface area is 115 Å². The molecule has 0 spiro atoms. The van der Waals surface area contributed by atoms with E-state index in [9.17, 15) is 5.11 Å². The summed E-state index contributed by atoms with van der Waals surface area (Å²) in [6, 6.07) is 10.1. The summed E-state index contributed by atoms with van der Waals surface area (Å²) in [7, 11) is 0. The number of nitrogens with two attached hydrogens (primary N) is 1. The highest BCUT2D eigenvalue weighted by Crippen LogP contribution is 2.31. The Morgan fingerprint density at radius 1 is 1.11 bits per heavy atom. The van der Waals surface area contributed by atoms with Crippen LogP contribution in [0.4, 0.5) is 5.69 Å². The van der Waals surface area contributed by atoms with Crippen molar-refractivity contribution in [1.29, 1.82) is 0 Å². The van der Waals surface area contributed by atoms with E-state index in [1.165, 1.54) is 6.07 Å². The Balaban J connectivity index is 2.11. The van der Waals surface area contributed by atoms with Gasteiger partial charge >= 0.3 is 0 Å². The van der Waals surface area contributed by atoms with Crippen molar-refractivity contribution in [2.45, 2.75) is 6.61 Å². The zero-order chi connectivity index (χ0) is 13.1. The number of benzene rings is 2. The standard InChI is InChI=1S/C13H11Cl2NO2/c14-9-5-4-8(6-10(9)15)7-18-12-3-1-2-11(17)13(12)16/h1-6,17H,7,16H2. The summed E-state index contributed by atoms with van der Waals surface area (Å²) >= 11 is 11.7. The second-order valence-corrected chi connectivity index (χ2v) is 4.54. The van der Waals surface area contributed by atoms with Crippen LogP contribution in [0.3, 0.4) is 0 Å². The summed E-state index contributed by atoms with van der Waals surface area (Å²) in [4.78, 5) is 0. The van der Waals surface area contributed by atoms with Crippen molar-refractivity contribution in [1.82, 2.24) is 0 Å². The lowest BCUT2D eigenvalue weighted by Gasteiger charge is -2.10. The van der Waals surface area contributed by atoms with Gasteiger partial charge in [0.2, 0.25) is 0 Å². The molecule has 0 saturated carbocycles. The second kappa shape index (κ2) is 5.38. The normalized spacial score (nSPS) is 10.3. The monoisotopic (exact) mass is 283 g/mol. The molecular formula is C13H11Cl2NO2. The van der Waals surface area contributed by atoms with Crippen molar-refractivity contribution in [3.8, 4) is 11.5 Å². The third kappa shape index (κ3) is 2.81. The molecule has 2 rings (SSSR count). The lowest BCUT2D eigenvalue weighted by molar-refractivity contribution is 0.306. The van der Waals surface area contributed by atoms with Gasteiger partial charge in [0, 0.05) is 0 Å². The number of rotatable bonds is 3. The molecule has 0 saturated heterocycles. The molecular weight excluding hydrogens is 273 g/mol. The number of nitrogen functional groups attached to an aromatic ring is 1. The Kier molecular flexibility index (Phi) is 3.84. The summed E-state index contributed by atoms with van der Waals surface area (Å²) < 4.78 is 5.51. The molecule has 3 N–H and O–H groups in total. The van der Waals surface area contributed by atoms with Gasteiger partial charge < -0.3 is 15.6 Å². The van der Waals surface area contributed by atoms with E-state index in [1.54, 1.807) is 24.3 Å². The highest BCUT2D eigenvalue weighted by atomic mass is 35.5. The average molecular weight is 284 g/mol. The predicted octanol–water partition coefficient (Wildman–Crippen LogP) is 3.86. The molecule has 0 bridgehead atoms. The molecule has 3 nitrogen and oxygen atoms in total. The van der Waals surface area contributed by atoms with Crippen LogP contribution < -0.4 is 10.5 Å². The van der Waals surface area contributed by atoms with E-state index in [0.29, 0.717) is 22.4 Å². The number of phenols is 1. The predicted molar refractivity (Wildman–Crippen MR) is 73.3 cm³/mol. The summed E-state index contributed by atoms with van der Waals surface area (Å²) in [6.07, 6.45) is 0. The van der Waals surface area contributed by atoms with Gasteiger partial charge in [0.25, 0.3) is 0 Å². The Morgan fingerprint density at radius 2 is 1.89 bits per heavy atom. The number of halogens is 2. The van der Waals surface area contributed by atoms with Crippen LogP contribution in [0, 0.1) is 0 Å². The fraction of sp³-hybridized carbons (Fsp3) is 0.0769. The number of hydrogen-bond donors (Lipinski definition) is 2. The van der Waals surface area contributed by atoms with Crippen molar-refractivity contribution < 1.29 is 9.84 Å². The number of hydrogen-bond acceptors (Lipinski definition) is 3. The fourth-order valence-corrected chi connectivity index (χ4v) is 1.77. The minimum absolute atomic E-state index is 0.00152. The van der Waals surface area contributed by atoms with Gasteiger partial charge in [-0.25, -0.2) is 0 Å². The maximum Gasteiger partial charge on any atom is 0.146 e. The molecule has 2 aromatic carbocycles. The first-order chi connectivity index (χ1) is 8.58. The van der Waals surface area contributed by atoms with Crippen LogP contribution >= 0.6 is 23.2 Å². The molecule has 0 heterocycles. The Morgan fingerprint density at radius 3 is 2.61 bits per heavy atom. The smallest absolute Gasteiger partial charge is 0.146 e. The molecule has 18 heavy (non-hydrogen) atoms. The number of ether oxygens (including phenoxy) is 1. The number of anilines is 1. The summed E-state index contributed by atoms with van der Waals surface area (Å²) in [5.74, 6) is 0.433. The summed E-state index contributed by atoms with van der Waals surface area (Å²) in [6.45, 7) is 0.296. The molecule has 0 unspecified atom stereocenters. The molecule has 0 aromatic heterocycles. The first-order valence-corrected chi connectivity index (χ1v) is 5.97. The van der Waals surface area contributed by atoms with Crippen LogP contribution in [0.1, 0.15) is 5.56 Å². The van der Waals surface area contributed by atoms with Gasteiger partial charge in [-0.3, -0.25) is 0 Å². The third-order valence-electron chi connectivity index (χ3n) is 2.42. The van der Waals surface area contributed by atoms with Crippen LogP contribution in [-0.4, -0.2) is 5.11 Å². The van der Waals surface area contributed by atoms with Gasteiger partial charge in [0.15, 0.2) is 0 Å². The summed E-state index contributed by atoms with van der Waals surface area (Å²) in [5.41, 5.74) is 6.77. The third-order valence-corrected chi connectivity index (χ3v) is 3.16. The van der Waals surface area contributed by atoms with Crippen LogP contribution in [0.5, 0.6) is 11.5 Å². The van der Waals surface area contributed by atoms with E-state index in [0.717, 1.165) is 5.56 Å². The van der Waals surface area contributed by atoms with Crippen molar-refractivity contribution in [2.24, 2.45) is 0 Å². The van der Waals surface area contributed by atoms with Gasteiger partial charge in [-0.05, 0) is 29.8 Å². The topological polar surface area (TPSA) is 55.5 Å². The maximum absolute atomic E-state index is 9.43. The van der Waals surface area contributed by atoms with Crippen LogP contribution in [0.2, 0.25) is 10.0 Å². The first-order valence-electron chi connectivity index (χ1n) is 5.22. The van der Waals surface area contributed by atoms with E-state index in [1.807, 2.05) is 6.07 Å². The van der Waals surface area contributed by atoms with Gasteiger partial charge in [0.05, 0.1) is 10.0 Å². The lowest BCUT2D eigenvalue weighted by Crippen LogP contribution is -1.98. The van der Waals surface area contributed by atoms with Crippen molar-refractivity contribution in [2.75, 3.05) is 5.73 Å². The molecule has 0 aliphatic heterocycles. The number of para-hydroxylation sites is 1. The highest BCUT2D eigenvalue weighted by Gasteiger charge is 2.05.